The van der Waals surface area contributed by atoms with Crippen molar-refractivity contribution >= 4 is 60.5 Å². The molecule has 2 heterocycles. The fourth-order valence-electron chi connectivity index (χ4n) is 9.46. The number of ketones is 1. The Morgan fingerprint density at radius 1 is 0.717 bits per heavy atom. The van der Waals surface area contributed by atoms with Crippen LogP contribution in [0.1, 0.15) is 109 Å². The van der Waals surface area contributed by atoms with Crippen LogP contribution < -0.4 is 4.90 Å². The normalized spacial score (nSPS) is 18.3. The molecule has 0 saturated heterocycles. The van der Waals surface area contributed by atoms with Crippen molar-refractivity contribution in [3.63, 3.8) is 0 Å². The van der Waals surface area contributed by atoms with Crippen LogP contribution in [0.3, 0.4) is 0 Å². The summed E-state index contributed by atoms with van der Waals surface area (Å²) in [5.74, 6) is -0.808. The van der Waals surface area contributed by atoms with Gasteiger partial charge in [-0.15, -0.1) is 0 Å². The van der Waals surface area contributed by atoms with E-state index in [9.17, 15) is 27.7 Å². The number of anilines is 1. The summed E-state index contributed by atoms with van der Waals surface area (Å²) < 4.78 is 34.9. The van der Waals surface area contributed by atoms with E-state index in [4.69, 9.17) is 0 Å². The van der Waals surface area contributed by atoms with E-state index >= 15 is 0 Å². The molecular weight excluding hydrogens is 769 g/mol. The van der Waals surface area contributed by atoms with Crippen LogP contribution in [0, 0.1) is 0 Å². The highest BCUT2D eigenvalue weighted by Gasteiger charge is 2.48. The van der Waals surface area contributed by atoms with Crippen LogP contribution in [0.4, 0.5) is 11.4 Å². The maximum atomic E-state index is 11.6. The number of carbonyl (C=O) groups excluding carboxylic acids is 1. The molecule has 2 N–H and O–H groups in total. The van der Waals surface area contributed by atoms with Crippen LogP contribution in [0.2, 0.25) is 0 Å². The molecule has 316 valence electrons. The Hall–Kier alpha value is -5.12. The minimum atomic E-state index is -4.06. The number of carboxylic acid groups (broad SMARTS) is 1. The Morgan fingerprint density at radius 2 is 1.35 bits per heavy atom. The van der Waals surface area contributed by atoms with Gasteiger partial charge in [0.1, 0.15) is 12.3 Å². The Kier molecular flexibility index (Phi) is 14.4. The topological polar surface area (TPSA) is 115 Å². The second-order valence-corrected chi connectivity index (χ2v) is 18.7. The first-order chi connectivity index (χ1) is 28.7. The van der Waals surface area contributed by atoms with Crippen LogP contribution in [0.5, 0.6) is 0 Å². The van der Waals surface area contributed by atoms with Gasteiger partial charge in [0.25, 0.3) is 10.1 Å². The second kappa shape index (κ2) is 19.5. The average Bonchev–Trinajstić information content (AvgIpc) is 3.57. The number of hydrogen-bond acceptors (Lipinski definition) is 5. The van der Waals surface area contributed by atoms with Crippen LogP contribution in [0.25, 0.3) is 21.5 Å². The molecular formula is C51H61N2O6S+. The molecule has 1 atom stereocenters. The fourth-order valence-corrected chi connectivity index (χ4v) is 10.0. The number of carbonyl (C=O) groups is 2. The molecule has 9 heteroatoms. The van der Waals surface area contributed by atoms with E-state index in [0.717, 1.165) is 61.9 Å². The summed E-state index contributed by atoms with van der Waals surface area (Å²) in [5.41, 5.74) is 6.69. The van der Waals surface area contributed by atoms with Crippen molar-refractivity contribution in [1.82, 2.24) is 0 Å². The van der Waals surface area contributed by atoms with Crippen molar-refractivity contribution in [2.24, 2.45) is 0 Å². The van der Waals surface area contributed by atoms with E-state index in [0.29, 0.717) is 32.2 Å². The Balaban J connectivity index is 1.28. The molecule has 0 bridgehead atoms. The predicted octanol–water partition coefficient (Wildman–Crippen LogP) is 11.6. The molecule has 2 aliphatic heterocycles. The maximum absolute atomic E-state index is 11.6. The lowest BCUT2D eigenvalue weighted by molar-refractivity contribution is -0.438. The van der Waals surface area contributed by atoms with Crippen molar-refractivity contribution in [3.05, 3.63) is 132 Å². The number of carboxylic acids is 1. The lowest BCUT2D eigenvalue weighted by Gasteiger charge is -2.27. The van der Waals surface area contributed by atoms with Gasteiger partial charge in [-0.3, -0.25) is 9.35 Å². The number of rotatable bonds is 21. The third-order valence-corrected chi connectivity index (χ3v) is 13.1. The highest BCUT2D eigenvalue weighted by molar-refractivity contribution is 7.85. The molecule has 2 aliphatic rings. The third-order valence-electron chi connectivity index (χ3n) is 12.3. The first-order valence-electron chi connectivity index (χ1n) is 21.6. The van der Waals surface area contributed by atoms with E-state index in [1.807, 2.05) is 18.2 Å². The summed E-state index contributed by atoms with van der Waals surface area (Å²) in [6.07, 6.45) is 22.5. The van der Waals surface area contributed by atoms with Gasteiger partial charge in [0.15, 0.2) is 5.71 Å². The zero-order valence-electron chi connectivity index (χ0n) is 35.7. The highest BCUT2D eigenvalue weighted by atomic mass is 32.2. The van der Waals surface area contributed by atoms with Crippen LogP contribution in [0.15, 0.2) is 121 Å². The Labute approximate surface area is 356 Å². The molecule has 0 aliphatic carbocycles. The minimum absolute atomic E-state index is 0.156. The van der Waals surface area contributed by atoms with E-state index in [1.165, 1.54) is 38.7 Å². The second-order valence-electron chi connectivity index (χ2n) is 17.1. The molecule has 0 spiro atoms. The van der Waals surface area contributed by atoms with Crippen LogP contribution in [-0.2, 0) is 30.5 Å². The van der Waals surface area contributed by atoms with Gasteiger partial charge in [0, 0.05) is 60.3 Å². The zero-order chi connectivity index (χ0) is 42.9. The van der Waals surface area contributed by atoms with Gasteiger partial charge in [-0.25, -0.2) is 0 Å². The summed E-state index contributed by atoms with van der Waals surface area (Å²) in [6.45, 7) is 10.0. The van der Waals surface area contributed by atoms with Gasteiger partial charge in [0.05, 0.1) is 11.2 Å². The van der Waals surface area contributed by atoms with Crippen molar-refractivity contribution in [2.75, 3.05) is 23.7 Å². The number of allylic oxidation sites excluding steroid dienone is 8. The standard InChI is InChI=1S/C51H60N2O6S/c1-38(54)22-10-9-19-35-52-43-32-30-39-23-14-16-25-41(39)48(43)50(2,3)45(52)27-11-6-5-7-12-28-46-51(4,34-18-8-13-29-47(55)56)49-42-26-17-15-24-40(42)31-33-44(49)53(46)36-20-21-37-60(57,58)59/h5-7,11-12,14-17,23-28,30-33H,8-10,13,18-22,29,34-37H2,1-4H3,(H-,55,56,57,58,59)/p+1. The summed E-state index contributed by atoms with van der Waals surface area (Å²) in [7, 11) is -4.06. The van der Waals surface area contributed by atoms with Gasteiger partial charge in [-0.1, -0.05) is 118 Å². The van der Waals surface area contributed by atoms with Crippen LogP contribution >= 0.6 is 0 Å². The van der Waals surface area contributed by atoms with Gasteiger partial charge in [-0.05, 0) is 91.3 Å². The number of unbranched alkanes of at least 4 members (excludes halogenated alkanes) is 5. The van der Waals surface area contributed by atoms with E-state index < -0.39 is 16.1 Å². The Bertz CT molecular complexity index is 2490. The zero-order valence-corrected chi connectivity index (χ0v) is 36.5. The summed E-state index contributed by atoms with van der Waals surface area (Å²) in [6, 6.07) is 25.8. The minimum Gasteiger partial charge on any atom is -0.481 e. The first kappa shape index (κ1) is 44.4. The highest BCUT2D eigenvalue weighted by Crippen LogP contribution is 2.51. The van der Waals surface area contributed by atoms with E-state index in [2.05, 4.69) is 127 Å². The molecule has 60 heavy (non-hydrogen) atoms. The molecule has 1 unspecified atom stereocenters. The van der Waals surface area contributed by atoms with Gasteiger partial charge >= 0.3 is 5.97 Å². The number of aliphatic carboxylic acids is 1. The quantitative estimate of drug-likeness (QED) is 0.0372. The van der Waals surface area contributed by atoms with E-state index in [1.54, 1.807) is 6.92 Å². The SMILES string of the molecule is CC(=O)CCCCCN1\C(=C/C=C/C=C/C=C/C2=[N+](CCCCS(=O)(=O)O)c3ccc4ccccc4c3C2(C)CCCCCC(=O)O)C(C)(C)c2c1ccc1ccccc21. The first-order valence-corrected chi connectivity index (χ1v) is 23.2. The maximum Gasteiger partial charge on any atom is 0.303 e. The monoisotopic (exact) mass is 829 g/mol. The smallest absolute Gasteiger partial charge is 0.303 e. The number of benzene rings is 4. The number of Topliss-reactive ketones (excluding diaryl/α,β-unsaturated/α-hetero) is 1. The largest absolute Gasteiger partial charge is 0.481 e. The predicted molar refractivity (Wildman–Crippen MR) is 246 cm³/mol. The van der Waals surface area contributed by atoms with Crippen molar-refractivity contribution in [1.29, 1.82) is 0 Å². The van der Waals surface area contributed by atoms with Crippen molar-refractivity contribution < 1.29 is 32.2 Å². The average molecular weight is 830 g/mol. The molecule has 0 amide bonds. The van der Waals surface area contributed by atoms with Gasteiger partial charge in [-0.2, -0.15) is 13.0 Å². The number of hydrogen-bond donors (Lipinski definition) is 2. The molecule has 0 fully saturated rings. The number of fused-ring (bicyclic) bond motifs is 6. The molecule has 8 nitrogen and oxygen atoms in total. The van der Waals surface area contributed by atoms with Crippen LogP contribution in [-0.4, -0.2) is 59.0 Å². The lowest BCUT2D eigenvalue weighted by atomic mass is 9.73. The van der Waals surface area contributed by atoms with Gasteiger partial charge in [0.2, 0.25) is 5.69 Å². The number of nitrogens with zero attached hydrogens (tertiary/aromatic N) is 2. The fraction of sp³-hybridized carbons (Fsp3) is 0.392. The molecule has 0 saturated carbocycles. The summed E-state index contributed by atoms with van der Waals surface area (Å²) in [4.78, 5) is 25.3. The Morgan fingerprint density at radius 3 is 2.05 bits per heavy atom. The van der Waals surface area contributed by atoms with Crippen molar-refractivity contribution in [3.8, 4) is 0 Å². The van der Waals surface area contributed by atoms with Crippen molar-refractivity contribution in [2.45, 2.75) is 109 Å². The lowest BCUT2D eigenvalue weighted by Crippen LogP contribution is -2.31. The molecule has 4 aromatic rings. The molecule has 0 radical (unpaired) electrons. The van der Waals surface area contributed by atoms with E-state index in [-0.39, 0.29) is 28.8 Å². The summed E-state index contributed by atoms with van der Waals surface area (Å²) >= 11 is 0. The third kappa shape index (κ3) is 10.2. The molecule has 4 aromatic carbocycles. The molecule has 6 rings (SSSR count). The molecule has 0 aromatic heterocycles. The van der Waals surface area contributed by atoms with Gasteiger partial charge < -0.3 is 14.8 Å². The summed E-state index contributed by atoms with van der Waals surface area (Å²) in [5, 5.41) is 14.1.